The molecule has 0 radical (unpaired) electrons. The maximum Gasteiger partial charge on any atom is 0.244 e. The molecule has 0 bridgehead atoms. The number of rotatable bonds is 9. The minimum atomic E-state index is 0. The monoisotopic (exact) mass is 450 g/mol. The van der Waals surface area contributed by atoms with Gasteiger partial charge in [0.1, 0.15) is 6.54 Å². The summed E-state index contributed by atoms with van der Waals surface area (Å²) in [5, 5.41) is 3.28. The number of carbonyl (C=O) groups excluding carboxylic acids is 1. The third-order valence-electron chi connectivity index (χ3n) is 4.17. The first-order chi connectivity index (χ1) is 11.2. The van der Waals surface area contributed by atoms with E-state index in [1.165, 1.54) is 19.3 Å². The number of unbranched alkanes of at least 4 members (excludes halogenated alkanes) is 3. The summed E-state index contributed by atoms with van der Waals surface area (Å²) in [6.45, 7) is 9.62. The molecule has 1 N–H and O–H groups in total. The number of amides is 1. The average Bonchev–Trinajstić information content (AvgIpc) is 2.58. The van der Waals surface area contributed by atoms with Crippen LogP contribution in [-0.2, 0) is 4.79 Å². The van der Waals surface area contributed by atoms with Gasteiger partial charge in [0.15, 0.2) is 5.96 Å². The molecule has 0 unspecified atom stereocenters. The van der Waals surface area contributed by atoms with Gasteiger partial charge in [-0.1, -0.05) is 12.5 Å². The van der Waals surface area contributed by atoms with E-state index >= 15 is 0 Å². The number of piperidine rings is 1. The molecule has 1 heterocycles. The molecule has 1 aliphatic rings. The predicted octanol–water partition coefficient (Wildman–Crippen LogP) is 3.26. The van der Waals surface area contributed by atoms with E-state index in [4.69, 9.17) is 0 Å². The highest BCUT2D eigenvalue weighted by Gasteiger charge is 2.16. The van der Waals surface area contributed by atoms with Gasteiger partial charge in [0.2, 0.25) is 5.91 Å². The highest BCUT2D eigenvalue weighted by Crippen LogP contribution is 2.08. The number of hydrogen-bond acceptors (Lipinski definition) is 2. The third-order valence-corrected chi connectivity index (χ3v) is 4.17. The third kappa shape index (κ3) is 9.49. The Morgan fingerprint density at radius 1 is 1.25 bits per heavy atom. The van der Waals surface area contributed by atoms with Gasteiger partial charge in [-0.05, 0) is 45.4 Å². The fraction of sp³-hybridized carbons (Fsp3) is 0.778. The Labute approximate surface area is 165 Å². The number of aliphatic imine (C=N–C) groups is 1. The van der Waals surface area contributed by atoms with Gasteiger partial charge in [0.25, 0.3) is 0 Å². The van der Waals surface area contributed by atoms with Gasteiger partial charge in [-0.15, -0.1) is 30.6 Å². The normalized spacial score (nSPS) is 14.8. The molecule has 0 spiro atoms. The van der Waals surface area contributed by atoms with Crippen LogP contribution in [0.15, 0.2) is 17.6 Å². The van der Waals surface area contributed by atoms with Gasteiger partial charge in [-0.25, -0.2) is 4.99 Å². The van der Waals surface area contributed by atoms with E-state index in [1.54, 1.807) is 0 Å². The molecular formula is C18H35IN4O. The molecule has 0 atom stereocenters. The first-order valence-electron chi connectivity index (χ1n) is 9.07. The second-order valence-electron chi connectivity index (χ2n) is 6.17. The van der Waals surface area contributed by atoms with Crippen LogP contribution in [-0.4, -0.2) is 61.4 Å². The van der Waals surface area contributed by atoms with Crippen molar-refractivity contribution in [2.45, 2.75) is 51.9 Å². The van der Waals surface area contributed by atoms with Crippen LogP contribution >= 0.6 is 24.0 Å². The first kappa shape index (κ1) is 23.2. The van der Waals surface area contributed by atoms with Crippen LogP contribution in [0.5, 0.6) is 0 Å². The summed E-state index contributed by atoms with van der Waals surface area (Å²) in [5.74, 6) is 0.987. The van der Waals surface area contributed by atoms with Crippen molar-refractivity contribution in [3.05, 3.63) is 12.7 Å². The Balaban J connectivity index is 0.00000529. The zero-order chi connectivity index (χ0) is 16.9. The zero-order valence-corrected chi connectivity index (χ0v) is 17.8. The molecular weight excluding hydrogens is 415 g/mol. The maximum absolute atomic E-state index is 12.2. The number of hydrogen-bond donors (Lipinski definition) is 1. The number of carbonyl (C=O) groups is 1. The van der Waals surface area contributed by atoms with Gasteiger partial charge in [-0.2, -0.15) is 0 Å². The number of nitrogens with zero attached hydrogens (tertiary/aromatic N) is 3. The molecule has 1 rings (SSSR count). The summed E-state index contributed by atoms with van der Waals surface area (Å²) in [7, 11) is 2.04. The highest BCUT2D eigenvalue weighted by molar-refractivity contribution is 14.0. The quantitative estimate of drug-likeness (QED) is 0.193. The molecule has 0 aliphatic carbocycles. The summed E-state index contributed by atoms with van der Waals surface area (Å²) in [6, 6.07) is 0. The summed E-state index contributed by atoms with van der Waals surface area (Å²) in [4.78, 5) is 20.8. The molecule has 1 saturated heterocycles. The fourth-order valence-corrected chi connectivity index (χ4v) is 2.78. The van der Waals surface area contributed by atoms with Crippen molar-refractivity contribution in [1.82, 2.24) is 15.1 Å². The van der Waals surface area contributed by atoms with Crippen molar-refractivity contribution < 1.29 is 4.79 Å². The second-order valence-corrected chi connectivity index (χ2v) is 6.17. The van der Waals surface area contributed by atoms with Crippen LogP contribution in [0.2, 0.25) is 0 Å². The fourth-order valence-electron chi connectivity index (χ4n) is 2.78. The molecule has 0 saturated carbocycles. The summed E-state index contributed by atoms with van der Waals surface area (Å²) in [6.07, 6.45) is 10.1. The van der Waals surface area contributed by atoms with Crippen LogP contribution < -0.4 is 5.32 Å². The summed E-state index contributed by atoms with van der Waals surface area (Å²) in [5.41, 5.74) is 0. The minimum Gasteiger partial charge on any atom is -0.357 e. The molecule has 0 aromatic heterocycles. The van der Waals surface area contributed by atoms with Gasteiger partial charge < -0.3 is 15.1 Å². The molecule has 0 aromatic carbocycles. The number of likely N-dealkylation sites (tertiary alicyclic amines) is 1. The molecule has 1 fully saturated rings. The van der Waals surface area contributed by atoms with E-state index in [-0.39, 0.29) is 36.4 Å². The lowest BCUT2D eigenvalue weighted by atomic mass is 10.1. The van der Waals surface area contributed by atoms with E-state index in [0.29, 0.717) is 0 Å². The van der Waals surface area contributed by atoms with Crippen LogP contribution in [0.25, 0.3) is 0 Å². The largest absolute Gasteiger partial charge is 0.357 e. The summed E-state index contributed by atoms with van der Waals surface area (Å²) >= 11 is 0. The Morgan fingerprint density at radius 2 is 1.96 bits per heavy atom. The Bertz CT molecular complexity index is 381. The molecule has 0 aromatic rings. The van der Waals surface area contributed by atoms with Crippen molar-refractivity contribution in [3.8, 4) is 0 Å². The van der Waals surface area contributed by atoms with E-state index in [1.807, 2.05) is 18.0 Å². The molecule has 1 amide bonds. The lowest BCUT2D eigenvalue weighted by molar-refractivity contribution is -0.130. The van der Waals surface area contributed by atoms with E-state index in [0.717, 1.165) is 57.8 Å². The zero-order valence-electron chi connectivity index (χ0n) is 15.4. The SMILES string of the molecule is C=CCCCCCN(C)C(=NCC(=O)N1CCCCC1)NCC.I. The van der Waals surface area contributed by atoms with Crippen molar-refractivity contribution in [3.63, 3.8) is 0 Å². The van der Waals surface area contributed by atoms with Crippen molar-refractivity contribution in [1.29, 1.82) is 0 Å². The van der Waals surface area contributed by atoms with E-state index in [9.17, 15) is 4.79 Å². The predicted molar refractivity (Wildman–Crippen MR) is 113 cm³/mol. The molecule has 6 heteroatoms. The lowest BCUT2D eigenvalue weighted by Gasteiger charge is -2.27. The van der Waals surface area contributed by atoms with Gasteiger partial charge >= 0.3 is 0 Å². The van der Waals surface area contributed by atoms with E-state index < -0.39 is 0 Å². The van der Waals surface area contributed by atoms with Crippen LogP contribution in [0.4, 0.5) is 0 Å². The number of allylic oxidation sites excluding steroid dienone is 1. The lowest BCUT2D eigenvalue weighted by Crippen LogP contribution is -2.41. The van der Waals surface area contributed by atoms with Crippen LogP contribution in [0, 0.1) is 0 Å². The van der Waals surface area contributed by atoms with Crippen molar-refractivity contribution in [2.24, 2.45) is 4.99 Å². The van der Waals surface area contributed by atoms with E-state index in [2.05, 4.69) is 28.7 Å². The number of nitrogens with one attached hydrogen (secondary N) is 1. The molecule has 24 heavy (non-hydrogen) atoms. The maximum atomic E-state index is 12.2. The minimum absolute atomic E-state index is 0. The Hall–Kier alpha value is -0.790. The standard InChI is InChI=1S/C18H34N4O.HI/c1-4-6-7-8-10-13-21(3)18(19-5-2)20-16-17(23)22-14-11-9-12-15-22;/h4H,1,5-16H2,2-3H3,(H,19,20);1H. The summed E-state index contributed by atoms with van der Waals surface area (Å²) < 4.78 is 0. The van der Waals surface area contributed by atoms with Crippen LogP contribution in [0.1, 0.15) is 51.9 Å². The molecule has 1 aliphatic heterocycles. The topological polar surface area (TPSA) is 47.9 Å². The molecule has 140 valence electrons. The Morgan fingerprint density at radius 3 is 2.58 bits per heavy atom. The average molecular weight is 450 g/mol. The first-order valence-corrected chi connectivity index (χ1v) is 9.07. The van der Waals surface area contributed by atoms with Crippen molar-refractivity contribution in [2.75, 3.05) is 39.8 Å². The van der Waals surface area contributed by atoms with Crippen LogP contribution in [0.3, 0.4) is 0 Å². The second kappa shape index (κ2) is 14.5. The smallest absolute Gasteiger partial charge is 0.244 e. The number of halogens is 1. The number of guanidine groups is 1. The van der Waals surface area contributed by atoms with Gasteiger partial charge in [-0.3, -0.25) is 4.79 Å². The highest BCUT2D eigenvalue weighted by atomic mass is 127. The van der Waals surface area contributed by atoms with Gasteiger partial charge in [0.05, 0.1) is 0 Å². The van der Waals surface area contributed by atoms with Gasteiger partial charge in [0, 0.05) is 33.2 Å². The molecule has 5 nitrogen and oxygen atoms in total. The Kier molecular flexibility index (Phi) is 14.1. The van der Waals surface area contributed by atoms with Crippen molar-refractivity contribution >= 4 is 35.8 Å².